The van der Waals surface area contributed by atoms with E-state index in [9.17, 15) is 9.59 Å². The summed E-state index contributed by atoms with van der Waals surface area (Å²) in [6, 6.07) is 0. The average molecular weight is 181 g/mol. The topological polar surface area (TPSA) is 55.4 Å². The van der Waals surface area contributed by atoms with Crippen molar-refractivity contribution in [1.82, 2.24) is 5.32 Å². The van der Waals surface area contributed by atoms with Crippen molar-refractivity contribution in [2.24, 2.45) is 0 Å². The van der Waals surface area contributed by atoms with Gasteiger partial charge in [0, 0.05) is 18.4 Å². The number of hydrogen-bond acceptors (Lipinski definition) is 4. The maximum atomic E-state index is 10.9. The van der Waals surface area contributed by atoms with Gasteiger partial charge < -0.3 is 10.1 Å². The monoisotopic (exact) mass is 181 g/mol. The summed E-state index contributed by atoms with van der Waals surface area (Å²) in [6.45, 7) is 3.38. The van der Waals surface area contributed by atoms with Crippen LogP contribution in [0.4, 0.5) is 0 Å². The second kappa shape index (κ2) is 6.84. The number of rotatable bonds is 5. The van der Waals surface area contributed by atoms with Gasteiger partial charge >= 0.3 is 5.97 Å². The SMILES string of the molecule is C=CNC=CC(=O)/C=C/C(=O)OC. The third kappa shape index (κ3) is 6.55. The molecule has 0 spiro atoms. The van der Waals surface area contributed by atoms with Gasteiger partial charge in [0.25, 0.3) is 0 Å². The Balaban J connectivity index is 3.93. The van der Waals surface area contributed by atoms with Crippen LogP contribution >= 0.6 is 0 Å². The molecular weight excluding hydrogens is 170 g/mol. The van der Waals surface area contributed by atoms with Gasteiger partial charge in [0.2, 0.25) is 0 Å². The number of ketones is 1. The van der Waals surface area contributed by atoms with Crippen molar-refractivity contribution in [2.75, 3.05) is 7.11 Å². The van der Waals surface area contributed by atoms with E-state index in [0.717, 1.165) is 12.2 Å². The number of ether oxygens (including phenoxy) is 1. The fourth-order valence-electron chi connectivity index (χ4n) is 0.472. The number of carbonyl (C=O) groups is 2. The average Bonchev–Trinajstić information content (AvgIpc) is 2.14. The Bertz CT molecular complexity index is 254. The number of hydrogen-bond donors (Lipinski definition) is 1. The third-order valence-corrected chi connectivity index (χ3v) is 1.05. The van der Waals surface area contributed by atoms with Crippen LogP contribution in [0.15, 0.2) is 37.2 Å². The van der Waals surface area contributed by atoms with E-state index < -0.39 is 5.97 Å². The number of carbonyl (C=O) groups excluding carboxylic acids is 2. The van der Waals surface area contributed by atoms with E-state index in [1.807, 2.05) is 0 Å². The molecule has 0 heterocycles. The molecule has 0 rings (SSSR count). The van der Waals surface area contributed by atoms with E-state index in [1.165, 1.54) is 25.6 Å². The molecule has 0 aliphatic heterocycles. The number of methoxy groups -OCH3 is 1. The third-order valence-electron chi connectivity index (χ3n) is 1.05. The van der Waals surface area contributed by atoms with Gasteiger partial charge in [-0.3, -0.25) is 4.79 Å². The van der Waals surface area contributed by atoms with Gasteiger partial charge in [-0.1, -0.05) is 6.58 Å². The minimum Gasteiger partial charge on any atom is -0.466 e. The standard InChI is InChI=1S/C9H11NO3/c1-3-10-7-6-8(11)4-5-9(12)13-2/h3-7,10H,1H2,2H3/b5-4+,7-6?. The minimum absolute atomic E-state index is 0.306. The van der Waals surface area contributed by atoms with Crippen molar-refractivity contribution in [2.45, 2.75) is 0 Å². The molecular formula is C9H11NO3. The van der Waals surface area contributed by atoms with Crippen LogP contribution in [0, 0.1) is 0 Å². The summed E-state index contributed by atoms with van der Waals surface area (Å²) in [6.07, 6.45) is 6.28. The summed E-state index contributed by atoms with van der Waals surface area (Å²) in [7, 11) is 1.24. The molecule has 0 aromatic heterocycles. The van der Waals surface area contributed by atoms with Crippen LogP contribution in [-0.2, 0) is 14.3 Å². The molecule has 0 radical (unpaired) electrons. The zero-order valence-electron chi connectivity index (χ0n) is 7.32. The van der Waals surface area contributed by atoms with Crippen molar-refractivity contribution < 1.29 is 14.3 Å². The van der Waals surface area contributed by atoms with E-state index in [0.29, 0.717) is 0 Å². The predicted octanol–water partition coefficient (Wildman–Crippen LogP) is 0.531. The second-order valence-corrected chi connectivity index (χ2v) is 1.96. The maximum Gasteiger partial charge on any atom is 0.330 e. The van der Waals surface area contributed by atoms with Gasteiger partial charge in [0.15, 0.2) is 5.78 Å². The van der Waals surface area contributed by atoms with Gasteiger partial charge in [-0.2, -0.15) is 0 Å². The Labute approximate surface area is 76.6 Å². The molecule has 0 amide bonds. The molecule has 4 nitrogen and oxygen atoms in total. The van der Waals surface area contributed by atoms with Crippen LogP contribution in [0.3, 0.4) is 0 Å². The largest absolute Gasteiger partial charge is 0.466 e. The molecule has 70 valence electrons. The van der Waals surface area contributed by atoms with Crippen molar-refractivity contribution in [3.05, 3.63) is 37.2 Å². The van der Waals surface area contributed by atoms with Gasteiger partial charge in [-0.25, -0.2) is 4.79 Å². The van der Waals surface area contributed by atoms with Crippen LogP contribution in [0.25, 0.3) is 0 Å². The second-order valence-electron chi connectivity index (χ2n) is 1.96. The highest BCUT2D eigenvalue weighted by atomic mass is 16.5. The molecule has 0 saturated heterocycles. The molecule has 1 N–H and O–H groups in total. The highest BCUT2D eigenvalue weighted by Crippen LogP contribution is 1.82. The lowest BCUT2D eigenvalue weighted by molar-refractivity contribution is -0.135. The quantitative estimate of drug-likeness (QED) is 0.496. The van der Waals surface area contributed by atoms with Gasteiger partial charge in [-0.05, 0) is 12.3 Å². The number of allylic oxidation sites excluding steroid dienone is 2. The molecule has 0 aromatic carbocycles. The molecule has 0 atom stereocenters. The number of esters is 1. The molecule has 0 bridgehead atoms. The van der Waals surface area contributed by atoms with E-state index >= 15 is 0 Å². The fourth-order valence-corrected chi connectivity index (χ4v) is 0.472. The maximum absolute atomic E-state index is 10.9. The predicted molar refractivity (Wildman–Crippen MR) is 48.6 cm³/mol. The molecule has 13 heavy (non-hydrogen) atoms. The van der Waals surface area contributed by atoms with Crippen LogP contribution in [0.2, 0.25) is 0 Å². The number of nitrogens with one attached hydrogen (secondary N) is 1. The molecule has 0 aliphatic rings. The van der Waals surface area contributed by atoms with Crippen LogP contribution < -0.4 is 5.32 Å². The Hall–Kier alpha value is -1.84. The van der Waals surface area contributed by atoms with Crippen molar-refractivity contribution in [3.8, 4) is 0 Å². The first-order valence-corrected chi connectivity index (χ1v) is 3.54. The molecule has 4 heteroatoms. The normalized spacial score (nSPS) is 10.2. The molecule has 0 fully saturated rings. The van der Waals surface area contributed by atoms with E-state index in [2.05, 4.69) is 16.6 Å². The lowest BCUT2D eigenvalue weighted by Crippen LogP contribution is -1.97. The van der Waals surface area contributed by atoms with Crippen LogP contribution in [0.5, 0.6) is 0 Å². The zero-order chi connectivity index (χ0) is 10.1. The van der Waals surface area contributed by atoms with Gasteiger partial charge in [0.1, 0.15) is 0 Å². The lowest BCUT2D eigenvalue weighted by Gasteiger charge is -1.88. The molecule has 0 aromatic rings. The van der Waals surface area contributed by atoms with E-state index in [4.69, 9.17) is 0 Å². The van der Waals surface area contributed by atoms with E-state index in [1.54, 1.807) is 0 Å². The zero-order valence-corrected chi connectivity index (χ0v) is 7.32. The fraction of sp³-hybridized carbons (Fsp3) is 0.111. The van der Waals surface area contributed by atoms with Gasteiger partial charge in [-0.15, -0.1) is 0 Å². The van der Waals surface area contributed by atoms with Crippen molar-refractivity contribution in [3.63, 3.8) is 0 Å². The smallest absolute Gasteiger partial charge is 0.330 e. The Kier molecular flexibility index (Phi) is 5.88. The van der Waals surface area contributed by atoms with Crippen molar-refractivity contribution in [1.29, 1.82) is 0 Å². The molecule has 0 unspecified atom stereocenters. The highest BCUT2D eigenvalue weighted by Gasteiger charge is 1.92. The summed E-state index contributed by atoms with van der Waals surface area (Å²) < 4.78 is 4.29. The Morgan fingerprint density at radius 2 is 2.00 bits per heavy atom. The minimum atomic E-state index is -0.557. The summed E-state index contributed by atoms with van der Waals surface area (Å²) in [5.41, 5.74) is 0. The highest BCUT2D eigenvalue weighted by molar-refractivity contribution is 6.02. The summed E-state index contributed by atoms with van der Waals surface area (Å²) in [4.78, 5) is 21.4. The summed E-state index contributed by atoms with van der Waals surface area (Å²) >= 11 is 0. The van der Waals surface area contributed by atoms with Gasteiger partial charge in [0.05, 0.1) is 7.11 Å². The lowest BCUT2D eigenvalue weighted by atomic mass is 10.3. The molecule has 0 aliphatic carbocycles. The molecule has 0 saturated carbocycles. The summed E-state index contributed by atoms with van der Waals surface area (Å²) in [5, 5.41) is 2.59. The summed E-state index contributed by atoms with van der Waals surface area (Å²) in [5.74, 6) is -0.863. The first kappa shape index (κ1) is 11.2. The first-order valence-electron chi connectivity index (χ1n) is 3.54. The van der Waals surface area contributed by atoms with E-state index in [-0.39, 0.29) is 5.78 Å². The Morgan fingerprint density at radius 1 is 1.31 bits per heavy atom. The van der Waals surface area contributed by atoms with Crippen LogP contribution in [0.1, 0.15) is 0 Å². The van der Waals surface area contributed by atoms with Crippen LogP contribution in [-0.4, -0.2) is 18.9 Å². The Morgan fingerprint density at radius 3 is 2.54 bits per heavy atom. The first-order chi connectivity index (χ1) is 6.20. The van der Waals surface area contributed by atoms with Crippen molar-refractivity contribution >= 4 is 11.8 Å².